The zero-order valence-electron chi connectivity index (χ0n) is 14.3. The summed E-state index contributed by atoms with van der Waals surface area (Å²) >= 11 is 1.38. The van der Waals surface area contributed by atoms with Crippen LogP contribution < -0.4 is 20.5 Å². The molecule has 0 aliphatic heterocycles. The van der Waals surface area contributed by atoms with E-state index in [0.717, 1.165) is 22.8 Å². The highest BCUT2D eigenvalue weighted by atomic mass is 32.1. The third-order valence-corrected chi connectivity index (χ3v) is 4.72. The molecule has 1 aromatic heterocycles. The summed E-state index contributed by atoms with van der Waals surface area (Å²) in [6.07, 6.45) is 1.65. The molecule has 7 heteroatoms. The van der Waals surface area contributed by atoms with E-state index in [9.17, 15) is 9.59 Å². The van der Waals surface area contributed by atoms with Gasteiger partial charge >= 0.3 is 0 Å². The number of thiophene rings is 1. The summed E-state index contributed by atoms with van der Waals surface area (Å²) in [5, 5.41) is 3.29. The van der Waals surface area contributed by atoms with Gasteiger partial charge in [-0.25, -0.2) is 0 Å². The molecule has 3 N–H and O–H groups in total. The minimum Gasteiger partial charge on any atom is -0.497 e. The first-order chi connectivity index (χ1) is 12.0. The molecule has 2 aromatic rings. The van der Waals surface area contributed by atoms with Crippen molar-refractivity contribution in [2.75, 3.05) is 19.0 Å². The van der Waals surface area contributed by atoms with Crippen LogP contribution >= 0.6 is 11.3 Å². The highest BCUT2D eigenvalue weighted by Crippen LogP contribution is 2.28. The topological polar surface area (TPSA) is 90.7 Å². The number of aryl methyl sites for hydroxylation is 1. The van der Waals surface area contributed by atoms with Gasteiger partial charge in [0.1, 0.15) is 16.5 Å². The van der Waals surface area contributed by atoms with Crippen LogP contribution in [0.2, 0.25) is 0 Å². The van der Waals surface area contributed by atoms with Crippen LogP contribution in [0.5, 0.6) is 11.5 Å². The molecule has 0 radical (unpaired) electrons. The Kier molecular flexibility index (Phi) is 6.82. The first-order valence-electron chi connectivity index (χ1n) is 8.02. The van der Waals surface area contributed by atoms with Crippen molar-refractivity contribution < 1.29 is 19.1 Å². The molecule has 0 saturated carbocycles. The van der Waals surface area contributed by atoms with Crippen molar-refractivity contribution >= 4 is 28.2 Å². The largest absolute Gasteiger partial charge is 0.497 e. The van der Waals surface area contributed by atoms with Crippen molar-refractivity contribution in [3.8, 4) is 11.5 Å². The number of nitrogens with two attached hydrogens (primary N) is 1. The minimum atomic E-state index is -0.533. The molecule has 25 heavy (non-hydrogen) atoms. The molecular weight excluding hydrogens is 340 g/mol. The Hall–Kier alpha value is -2.54. The summed E-state index contributed by atoms with van der Waals surface area (Å²) in [7, 11) is 1.61. The third-order valence-electron chi connectivity index (χ3n) is 3.53. The molecule has 0 unspecified atom stereocenters. The van der Waals surface area contributed by atoms with Gasteiger partial charge in [-0.2, -0.15) is 0 Å². The number of nitrogens with one attached hydrogen (secondary N) is 1. The van der Waals surface area contributed by atoms with Crippen LogP contribution in [0.25, 0.3) is 0 Å². The third kappa shape index (κ3) is 5.49. The van der Waals surface area contributed by atoms with E-state index in [1.54, 1.807) is 13.2 Å². The van der Waals surface area contributed by atoms with Gasteiger partial charge in [-0.3, -0.25) is 9.59 Å². The number of carbonyl (C=O) groups excluding carboxylic acids is 2. The molecule has 0 fully saturated rings. The molecule has 0 atom stereocenters. The van der Waals surface area contributed by atoms with Gasteiger partial charge in [0.25, 0.3) is 5.91 Å². The molecule has 0 spiro atoms. The Morgan fingerprint density at radius 3 is 2.48 bits per heavy atom. The van der Waals surface area contributed by atoms with Crippen molar-refractivity contribution in [2.45, 2.75) is 26.2 Å². The number of methoxy groups -OCH3 is 1. The fourth-order valence-electron chi connectivity index (χ4n) is 2.18. The first-order valence-corrected chi connectivity index (χ1v) is 8.84. The number of ether oxygens (including phenoxy) is 2. The molecule has 134 valence electrons. The zero-order valence-corrected chi connectivity index (χ0v) is 15.2. The van der Waals surface area contributed by atoms with Gasteiger partial charge in [0, 0.05) is 11.3 Å². The van der Waals surface area contributed by atoms with Crippen molar-refractivity contribution in [3.63, 3.8) is 0 Å². The van der Waals surface area contributed by atoms with Crippen LogP contribution in [-0.2, 0) is 11.2 Å². The molecule has 2 rings (SSSR count). The summed E-state index contributed by atoms with van der Waals surface area (Å²) in [6.45, 7) is 2.41. The van der Waals surface area contributed by atoms with E-state index in [-0.39, 0.29) is 5.91 Å². The van der Waals surface area contributed by atoms with Crippen LogP contribution in [0.4, 0.5) is 5.00 Å². The average Bonchev–Trinajstić information content (AvgIpc) is 3.02. The number of hydrogen-bond acceptors (Lipinski definition) is 5. The van der Waals surface area contributed by atoms with Crippen LogP contribution in [0.3, 0.4) is 0 Å². The van der Waals surface area contributed by atoms with E-state index in [1.807, 2.05) is 31.2 Å². The lowest BCUT2D eigenvalue weighted by atomic mass is 10.2. The Balaban J connectivity index is 1.78. The number of carbonyl (C=O) groups is 2. The van der Waals surface area contributed by atoms with Gasteiger partial charge in [0.2, 0.25) is 5.91 Å². The second-order valence-corrected chi connectivity index (χ2v) is 6.49. The number of primary amides is 1. The van der Waals surface area contributed by atoms with Gasteiger partial charge in [-0.05, 0) is 43.2 Å². The van der Waals surface area contributed by atoms with Crippen molar-refractivity contribution in [2.24, 2.45) is 5.73 Å². The molecular formula is C18H22N2O4S. The minimum absolute atomic E-state index is 0.162. The second-order valence-electron chi connectivity index (χ2n) is 5.35. The lowest BCUT2D eigenvalue weighted by Crippen LogP contribution is -2.16. The van der Waals surface area contributed by atoms with Gasteiger partial charge in [-0.1, -0.05) is 6.92 Å². The quantitative estimate of drug-likeness (QED) is 0.670. The van der Waals surface area contributed by atoms with Crippen LogP contribution in [-0.4, -0.2) is 25.5 Å². The average molecular weight is 362 g/mol. The van der Waals surface area contributed by atoms with E-state index in [0.29, 0.717) is 30.0 Å². The molecule has 0 aliphatic rings. The van der Waals surface area contributed by atoms with Gasteiger partial charge in [0.05, 0.1) is 19.3 Å². The summed E-state index contributed by atoms with van der Waals surface area (Å²) in [5.74, 6) is 0.793. The first kappa shape index (κ1) is 18.8. The van der Waals surface area contributed by atoms with Crippen LogP contribution in [0.1, 0.15) is 35.0 Å². The van der Waals surface area contributed by atoms with E-state index in [4.69, 9.17) is 15.2 Å². The predicted molar refractivity (Wildman–Crippen MR) is 98.6 cm³/mol. The molecule has 6 nitrogen and oxygen atoms in total. The Bertz CT molecular complexity index is 725. The molecule has 1 aromatic carbocycles. The van der Waals surface area contributed by atoms with E-state index >= 15 is 0 Å². The van der Waals surface area contributed by atoms with Gasteiger partial charge in [-0.15, -0.1) is 11.3 Å². The van der Waals surface area contributed by atoms with E-state index in [2.05, 4.69) is 5.32 Å². The Morgan fingerprint density at radius 1 is 1.20 bits per heavy atom. The number of amides is 2. The second kappa shape index (κ2) is 9.08. The van der Waals surface area contributed by atoms with Gasteiger partial charge < -0.3 is 20.5 Å². The number of benzene rings is 1. The molecule has 2 amide bonds. The Labute approximate surface area is 150 Å². The fraction of sp³-hybridized carbons (Fsp3) is 0.333. The maximum Gasteiger partial charge on any atom is 0.251 e. The number of anilines is 1. The highest BCUT2D eigenvalue weighted by Gasteiger charge is 2.15. The molecule has 1 heterocycles. The van der Waals surface area contributed by atoms with Gasteiger partial charge in [0.15, 0.2) is 0 Å². The van der Waals surface area contributed by atoms with E-state index < -0.39 is 5.91 Å². The van der Waals surface area contributed by atoms with Crippen molar-refractivity contribution in [1.29, 1.82) is 0 Å². The van der Waals surface area contributed by atoms with Crippen LogP contribution in [0.15, 0.2) is 30.3 Å². The molecule has 0 bridgehead atoms. The number of rotatable bonds is 9. The van der Waals surface area contributed by atoms with Crippen molar-refractivity contribution in [3.05, 3.63) is 40.8 Å². The molecule has 0 saturated heterocycles. The lowest BCUT2D eigenvalue weighted by Gasteiger charge is -2.07. The zero-order chi connectivity index (χ0) is 18.2. The smallest absolute Gasteiger partial charge is 0.251 e. The Morgan fingerprint density at radius 2 is 1.88 bits per heavy atom. The standard InChI is InChI=1S/C18H22N2O4S/c1-3-14-11-15(17(19)22)18(25-14)20-16(21)5-4-10-24-13-8-6-12(23-2)7-9-13/h6-9,11H,3-5,10H2,1-2H3,(H2,19,22)(H,20,21). The predicted octanol–water partition coefficient (Wildman–Crippen LogP) is 3.22. The SMILES string of the molecule is CCc1cc(C(N)=O)c(NC(=O)CCCOc2ccc(OC)cc2)s1. The fourth-order valence-corrected chi connectivity index (χ4v) is 3.19. The van der Waals surface area contributed by atoms with Crippen LogP contribution in [0, 0.1) is 0 Å². The molecule has 0 aliphatic carbocycles. The monoisotopic (exact) mass is 362 g/mol. The maximum atomic E-state index is 12.1. The summed E-state index contributed by atoms with van der Waals surface area (Å²) in [4.78, 5) is 24.5. The van der Waals surface area contributed by atoms with Crippen molar-refractivity contribution in [1.82, 2.24) is 0 Å². The number of hydrogen-bond donors (Lipinski definition) is 2. The normalized spacial score (nSPS) is 10.3. The summed E-state index contributed by atoms with van der Waals surface area (Å²) in [6, 6.07) is 8.99. The van der Waals surface area contributed by atoms with E-state index in [1.165, 1.54) is 11.3 Å². The lowest BCUT2D eigenvalue weighted by molar-refractivity contribution is -0.116. The summed E-state index contributed by atoms with van der Waals surface area (Å²) < 4.78 is 10.7. The summed E-state index contributed by atoms with van der Waals surface area (Å²) in [5.41, 5.74) is 5.72. The maximum absolute atomic E-state index is 12.1. The highest BCUT2D eigenvalue weighted by molar-refractivity contribution is 7.16.